The summed E-state index contributed by atoms with van der Waals surface area (Å²) in [5.41, 5.74) is 3.75. The van der Waals surface area contributed by atoms with Crippen molar-refractivity contribution in [2.24, 2.45) is 0 Å². The fourth-order valence-corrected chi connectivity index (χ4v) is 2.03. The van der Waals surface area contributed by atoms with Crippen LogP contribution in [-0.2, 0) is 0 Å². The van der Waals surface area contributed by atoms with Crippen LogP contribution in [0.5, 0.6) is 0 Å². The van der Waals surface area contributed by atoms with Gasteiger partial charge in [0.1, 0.15) is 6.61 Å². The number of carboxylic acid groups (broad SMARTS) is 1. The van der Waals surface area contributed by atoms with Crippen LogP contribution in [0.3, 0.4) is 0 Å². The van der Waals surface area contributed by atoms with Gasteiger partial charge in [0.25, 0.3) is 0 Å². The molecule has 0 aromatic heterocycles. The molecule has 2 N–H and O–H groups in total. The fraction of sp³-hybridized carbons (Fsp3) is 0.211. The molecular formula is C19H20O3. The number of aliphatic hydroxyl groups excluding tert-OH is 1. The van der Waals surface area contributed by atoms with E-state index in [0.29, 0.717) is 5.56 Å². The summed E-state index contributed by atoms with van der Waals surface area (Å²) in [5, 5.41) is 17.9. The Morgan fingerprint density at radius 1 is 1.09 bits per heavy atom. The molecule has 2 aromatic rings. The average Bonchev–Trinajstić information content (AvgIpc) is 2.55. The van der Waals surface area contributed by atoms with E-state index >= 15 is 0 Å². The summed E-state index contributed by atoms with van der Waals surface area (Å²) >= 11 is 0. The molecule has 0 radical (unpaired) electrons. The summed E-state index contributed by atoms with van der Waals surface area (Å²) in [6.45, 7) is 5.73. The van der Waals surface area contributed by atoms with E-state index < -0.39 is 5.97 Å². The minimum absolute atomic E-state index is 0.185. The molecule has 3 nitrogen and oxygen atoms in total. The van der Waals surface area contributed by atoms with Crippen molar-refractivity contribution in [2.75, 3.05) is 6.61 Å². The molecule has 0 heterocycles. The molecule has 2 aromatic carbocycles. The summed E-state index contributed by atoms with van der Waals surface area (Å²) < 4.78 is 0. The normalized spacial score (nSPS) is 9.09. The first kappa shape index (κ1) is 17.5. The Balaban J connectivity index is 0.00000116. The van der Waals surface area contributed by atoms with Crippen molar-refractivity contribution in [1.82, 2.24) is 0 Å². The molecule has 0 saturated carbocycles. The lowest BCUT2D eigenvalue weighted by Gasteiger charge is -2.09. The third kappa shape index (κ3) is 4.21. The zero-order chi connectivity index (χ0) is 16.5. The number of carbonyl (C=O) groups is 1. The maximum Gasteiger partial charge on any atom is 0.335 e. The highest BCUT2D eigenvalue weighted by Crippen LogP contribution is 2.27. The highest BCUT2D eigenvalue weighted by molar-refractivity contribution is 5.90. The molecule has 0 spiro atoms. The topological polar surface area (TPSA) is 57.5 Å². The van der Waals surface area contributed by atoms with E-state index in [4.69, 9.17) is 10.2 Å². The molecule has 22 heavy (non-hydrogen) atoms. The lowest BCUT2D eigenvalue weighted by molar-refractivity contribution is 0.0697. The van der Waals surface area contributed by atoms with Crippen molar-refractivity contribution in [3.63, 3.8) is 0 Å². The van der Waals surface area contributed by atoms with Gasteiger partial charge in [-0.2, -0.15) is 0 Å². The molecule has 3 heteroatoms. The van der Waals surface area contributed by atoms with E-state index in [1.807, 2.05) is 45.0 Å². The van der Waals surface area contributed by atoms with Crippen molar-refractivity contribution in [3.05, 3.63) is 59.2 Å². The Hall–Kier alpha value is -2.57. The van der Waals surface area contributed by atoms with Crippen LogP contribution in [0.4, 0.5) is 0 Å². The van der Waals surface area contributed by atoms with Crippen LogP contribution in [0.1, 0.15) is 35.3 Å². The minimum atomic E-state index is -0.992. The third-order valence-corrected chi connectivity index (χ3v) is 3.00. The molecule has 0 bridgehead atoms. The predicted molar refractivity (Wildman–Crippen MR) is 88.9 cm³/mol. The molecule has 114 valence electrons. The molecule has 0 aliphatic heterocycles. The Bertz CT molecular complexity index is 706. The molecule has 2 rings (SSSR count). The van der Waals surface area contributed by atoms with Crippen LogP contribution in [0, 0.1) is 18.8 Å². The summed E-state index contributed by atoms with van der Waals surface area (Å²) in [5.74, 6) is 4.40. The van der Waals surface area contributed by atoms with E-state index in [2.05, 4.69) is 11.8 Å². The first-order valence-corrected chi connectivity index (χ1v) is 7.16. The van der Waals surface area contributed by atoms with Crippen molar-refractivity contribution in [3.8, 4) is 23.0 Å². The highest BCUT2D eigenvalue weighted by Gasteiger charge is 2.10. The van der Waals surface area contributed by atoms with Gasteiger partial charge in [0.2, 0.25) is 0 Å². The zero-order valence-corrected chi connectivity index (χ0v) is 13.1. The van der Waals surface area contributed by atoms with E-state index in [1.165, 1.54) is 6.07 Å². The molecule has 0 aliphatic rings. The maximum absolute atomic E-state index is 11.0. The summed E-state index contributed by atoms with van der Waals surface area (Å²) in [6.07, 6.45) is 0. The van der Waals surface area contributed by atoms with Crippen LogP contribution in [0.2, 0.25) is 0 Å². The quantitative estimate of drug-likeness (QED) is 0.830. The highest BCUT2D eigenvalue weighted by atomic mass is 16.4. The SMILES string of the molecule is CC.Cc1ccccc1-c1ccc(C(=O)O)cc1C#CCO. The van der Waals surface area contributed by atoms with E-state index in [-0.39, 0.29) is 12.2 Å². The standard InChI is InChI=1S/C17H14O3.C2H6/c1-12-5-2-3-7-15(12)16-9-8-14(17(19)20)11-13(16)6-4-10-18;1-2/h2-3,5,7-9,11,18H,10H2,1H3,(H,19,20);1-2H3. The van der Waals surface area contributed by atoms with Crippen LogP contribution < -0.4 is 0 Å². The van der Waals surface area contributed by atoms with E-state index in [0.717, 1.165) is 16.7 Å². The molecule has 0 atom stereocenters. The van der Waals surface area contributed by atoms with E-state index in [9.17, 15) is 4.79 Å². The second-order valence-electron chi connectivity index (χ2n) is 4.34. The van der Waals surface area contributed by atoms with Gasteiger partial charge in [-0.05, 0) is 35.7 Å². The number of hydrogen-bond acceptors (Lipinski definition) is 2. The second kappa shape index (κ2) is 8.66. The van der Waals surface area contributed by atoms with Gasteiger partial charge in [-0.1, -0.05) is 56.0 Å². The van der Waals surface area contributed by atoms with Crippen LogP contribution in [-0.4, -0.2) is 22.8 Å². The lowest BCUT2D eigenvalue weighted by Crippen LogP contribution is -1.98. The number of carboxylic acids is 1. The summed E-state index contributed by atoms with van der Waals surface area (Å²) in [6, 6.07) is 12.7. The zero-order valence-electron chi connectivity index (χ0n) is 13.1. The van der Waals surface area contributed by atoms with Gasteiger partial charge < -0.3 is 10.2 Å². The number of rotatable bonds is 2. The van der Waals surface area contributed by atoms with Gasteiger partial charge in [-0.15, -0.1) is 0 Å². The van der Waals surface area contributed by atoms with Crippen molar-refractivity contribution < 1.29 is 15.0 Å². The predicted octanol–water partition coefficient (Wildman–Crippen LogP) is 3.73. The monoisotopic (exact) mass is 296 g/mol. The van der Waals surface area contributed by atoms with Gasteiger partial charge in [0.05, 0.1) is 5.56 Å². The Kier molecular flexibility index (Phi) is 6.88. The number of benzene rings is 2. The fourth-order valence-electron chi connectivity index (χ4n) is 2.03. The van der Waals surface area contributed by atoms with Crippen LogP contribution >= 0.6 is 0 Å². The third-order valence-electron chi connectivity index (χ3n) is 3.00. The van der Waals surface area contributed by atoms with Crippen LogP contribution in [0.15, 0.2) is 42.5 Å². The first-order chi connectivity index (χ1) is 10.6. The molecule has 0 aliphatic carbocycles. The van der Waals surface area contributed by atoms with Crippen molar-refractivity contribution in [1.29, 1.82) is 0 Å². The van der Waals surface area contributed by atoms with Gasteiger partial charge in [0, 0.05) is 5.56 Å². The van der Waals surface area contributed by atoms with Gasteiger partial charge in [-0.25, -0.2) is 4.79 Å². The molecule has 0 fully saturated rings. The molecular weight excluding hydrogens is 276 g/mol. The molecule has 0 unspecified atom stereocenters. The van der Waals surface area contributed by atoms with Gasteiger partial charge in [0.15, 0.2) is 0 Å². The Labute approximate surface area is 131 Å². The Morgan fingerprint density at radius 3 is 2.36 bits per heavy atom. The van der Waals surface area contributed by atoms with Crippen molar-refractivity contribution >= 4 is 5.97 Å². The smallest absolute Gasteiger partial charge is 0.335 e. The average molecular weight is 296 g/mol. The Morgan fingerprint density at radius 2 is 1.77 bits per heavy atom. The van der Waals surface area contributed by atoms with Crippen molar-refractivity contribution in [2.45, 2.75) is 20.8 Å². The lowest BCUT2D eigenvalue weighted by atomic mass is 9.94. The maximum atomic E-state index is 11.0. The molecule has 0 saturated heterocycles. The van der Waals surface area contributed by atoms with Crippen LogP contribution in [0.25, 0.3) is 11.1 Å². The van der Waals surface area contributed by atoms with Gasteiger partial charge in [-0.3, -0.25) is 0 Å². The summed E-state index contributed by atoms with van der Waals surface area (Å²) in [7, 11) is 0. The minimum Gasteiger partial charge on any atom is -0.478 e. The number of aliphatic hydroxyl groups is 1. The number of hydrogen-bond donors (Lipinski definition) is 2. The second-order valence-corrected chi connectivity index (χ2v) is 4.34. The van der Waals surface area contributed by atoms with Gasteiger partial charge >= 0.3 is 5.97 Å². The largest absolute Gasteiger partial charge is 0.478 e. The number of aromatic carboxylic acids is 1. The van der Waals surface area contributed by atoms with E-state index in [1.54, 1.807) is 12.1 Å². The summed E-state index contributed by atoms with van der Waals surface area (Å²) in [4.78, 5) is 11.0. The first-order valence-electron chi connectivity index (χ1n) is 7.16. The molecule has 0 amide bonds. The number of aryl methyl sites for hydroxylation is 1.